The van der Waals surface area contributed by atoms with Gasteiger partial charge in [0, 0.05) is 25.3 Å². The van der Waals surface area contributed by atoms with Crippen molar-refractivity contribution in [2.24, 2.45) is 16.8 Å². The van der Waals surface area contributed by atoms with E-state index in [0.717, 1.165) is 74.5 Å². The molecule has 2 saturated heterocycles. The van der Waals surface area contributed by atoms with Crippen molar-refractivity contribution >= 4 is 57.9 Å². The second-order valence-electron chi connectivity index (χ2n) is 15.2. The highest BCUT2D eigenvalue weighted by molar-refractivity contribution is 8.00. The Labute approximate surface area is 331 Å². The highest BCUT2D eigenvalue weighted by Crippen LogP contribution is 2.40. The fourth-order valence-electron chi connectivity index (χ4n) is 7.91. The monoisotopic (exact) mass is 779 g/mol. The molecule has 0 spiro atoms. The van der Waals surface area contributed by atoms with Crippen molar-refractivity contribution < 1.29 is 28.7 Å². The summed E-state index contributed by atoms with van der Waals surface area (Å²) in [5, 5.41) is 7.49. The van der Waals surface area contributed by atoms with E-state index < -0.39 is 24.3 Å². The van der Waals surface area contributed by atoms with E-state index in [9.17, 15) is 19.2 Å². The lowest BCUT2D eigenvalue weighted by Gasteiger charge is -2.30. The summed E-state index contributed by atoms with van der Waals surface area (Å²) in [4.78, 5) is 68.1. The van der Waals surface area contributed by atoms with Crippen molar-refractivity contribution in [3.8, 4) is 22.4 Å². The van der Waals surface area contributed by atoms with E-state index in [4.69, 9.17) is 19.5 Å². The van der Waals surface area contributed by atoms with Gasteiger partial charge in [-0.25, -0.2) is 14.6 Å². The SMILES string of the molecule is COC(=O)N[C@H](C(=O)N1CCS[C@H]1C1=Nc2ccc3cc(-c4ccc(-c5cnc([C@@H]6CCCN6C(=O)[C@@H](NC(=O)OC)C(C)C)[nH]5)cc4)ccc3c2C1)C(C)C. The number of nitrogens with one attached hydrogen (secondary N) is 3. The van der Waals surface area contributed by atoms with Gasteiger partial charge >= 0.3 is 12.2 Å². The zero-order chi connectivity index (χ0) is 39.7. The number of methoxy groups -OCH3 is 2. The van der Waals surface area contributed by atoms with Crippen LogP contribution < -0.4 is 10.6 Å². The molecule has 0 radical (unpaired) electrons. The minimum Gasteiger partial charge on any atom is -0.453 e. The van der Waals surface area contributed by atoms with Crippen molar-refractivity contribution in [3.63, 3.8) is 0 Å². The summed E-state index contributed by atoms with van der Waals surface area (Å²) in [6.07, 6.45) is 2.86. The summed E-state index contributed by atoms with van der Waals surface area (Å²) in [6, 6.07) is 17.5. The van der Waals surface area contributed by atoms with Crippen molar-refractivity contribution in [2.45, 2.75) is 70.5 Å². The van der Waals surface area contributed by atoms with Gasteiger partial charge in [-0.3, -0.25) is 14.6 Å². The number of aromatic amines is 1. The summed E-state index contributed by atoms with van der Waals surface area (Å²) >= 11 is 1.71. The number of aromatic nitrogens is 2. The molecule has 3 aromatic carbocycles. The molecule has 0 bridgehead atoms. The first kappa shape index (κ1) is 38.9. The second-order valence-corrected chi connectivity index (χ2v) is 16.4. The number of carbonyl (C=O) groups is 4. The topological polar surface area (TPSA) is 158 Å². The summed E-state index contributed by atoms with van der Waals surface area (Å²) in [5.41, 5.74) is 7.06. The number of fused-ring (bicyclic) bond motifs is 3. The van der Waals surface area contributed by atoms with Crippen LogP contribution in [-0.2, 0) is 25.5 Å². The first-order valence-electron chi connectivity index (χ1n) is 19.2. The minimum absolute atomic E-state index is 0.0993. The molecular formula is C42H49N7O6S. The number of H-pyrrole nitrogens is 1. The Balaban J connectivity index is 1.04. The van der Waals surface area contributed by atoms with Gasteiger partial charge in [-0.05, 0) is 69.8 Å². The van der Waals surface area contributed by atoms with E-state index in [2.05, 4.69) is 70.2 Å². The Morgan fingerprint density at radius 3 is 2.12 bits per heavy atom. The molecule has 294 valence electrons. The molecule has 14 heteroatoms. The molecule has 0 unspecified atom stereocenters. The zero-order valence-electron chi connectivity index (χ0n) is 32.6. The van der Waals surface area contributed by atoms with Gasteiger partial charge in [-0.2, -0.15) is 0 Å². The number of rotatable bonds is 10. The van der Waals surface area contributed by atoms with E-state index in [-0.39, 0.29) is 35.1 Å². The zero-order valence-corrected chi connectivity index (χ0v) is 33.4. The van der Waals surface area contributed by atoms with Gasteiger partial charge in [-0.15, -0.1) is 11.8 Å². The van der Waals surface area contributed by atoms with Gasteiger partial charge in [-0.1, -0.05) is 70.2 Å². The number of aliphatic imine (C=N–C) groups is 1. The molecule has 4 aromatic rings. The number of nitrogens with zero attached hydrogens (tertiary/aromatic N) is 4. The highest BCUT2D eigenvalue weighted by Gasteiger charge is 2.40. The van der Waals surface area contributed by atoms with Gasteiger partial charge in [0.15, 0.2) is 0 Å². The third-order valence-corrected chi connectivity index (χ3v) is 12.2. The smallest absolute Gasteiger partial charge is 0.407 e. The van der Waals surface area contributed by atoms with Crippen molar-refractivity contribution in [3.05, 3.63) is 72.2 Å². The lowest BCUT2D eigenvalue weighted by Crippen LogP contribution is -2.53. The van der Waals surface area contributed by atoms with Crippen LogP contribution in [0.2, 0.25) is 0 Å². The molecule has 4 amide bonds. The van der Waals surface area contributed by atoms with Crippen LogP contribution in [0.1, 0.15) is 58.0 Å². The Hall–Kier alpha value is -5.37. The Morgan fingerprint density at radius 1 is 0.821 bits per heavy atom. The second kappa shape index (κ2) is 16.4. The molecule has 3 aliphatic heterocycles. The van der Waals surface area contributed by atoms with Crippen LogP contribution in [-0.4, -0.2) is 100.0 Å². The van der Waals surface area contributed by atoms with Crippen LogP contribution in [0, 0.1) is 11.8 Å². The van der Waals surface area contributed by atoms with E-state index in [1.807, 2.05) is 43.7 Å². The van der Waals surface area contributed by atoms with E-state index in [1.165, 1.54) is 14.2 Å². The fraction of sp³-hybridized carbons (Fsp3) is 0.429. The third-order valence-electron chi connectivity index (χ3n) is 10.9. The molecule has 56 heavy (non-hydrogen) atoms. The van der Waals surface area contributed by atoms with Crippen LogP contribution in [0.3, 0.4) is 0 Å². The highest BCUT2D eigenvalue weighted by atomic mass is 32.2. The summed E-state index contributed by atoms with van der Waals surface area (Å²) < 4.78 is 9.55. The van der Waals surface area contributed by atoms with Gasteiger partial charge in [0.2, 0.25) is 11.8 Å². The average Bonchev–Trinajstić information content (AvgIpc) is 4.04. The molecule has 0 aliphatic carbocycles. The number of thioether (sulfide) groups is 1. The molecular weight excluding hydrogens is 731 g/mol. The van der Waals surface area contributed by atoms with Crippen LogP contribution in [0.15, 0.2) is 65.8 Å². The van der Waals surface area contributed by atoms with Gasteiger partial charge in [0.1, 0.15) is 23.3 Å². The standard InChI is InChI=1S/C42H49N7O6S/c1-23(2)35(46-41(52)54-5)38(50)48-17-7-8-34(48)37-43-22-33(45-37)26-11-9-25(10-12-26)27-13-15-29-28(20-27)14-16-31-30(29)21-32(44-31)40-49(18-19-56-40)39(51)36(24(3)4)47-42(53)55-6/h9-16,20,22-24,34-36,40H,7-8,17-19,21H2,1-6H3,(H,43,45)(H,46,52)(H,47,53)/t34-,35-,36-,40-/m0/s1. The predicted molar refractivity (Wildman–Crippen MR) is 218 cm³/mol. The number of alkyl carbamates (subject to hydrolysis) is 2. The Bertz CT molecular complexity index is 2170. The quantitative estimate of drug-likeness (QED) is 0.158. The lowest BCUT2D eigenvalue weighted by molar-refractivity contribution is -0.135. The maximum atomic E-state index is 13.7. The number of carbonyl (C=O) groups excluding carboxylic acids is 4. The molecule has 3 aliphatic rings. The molecule has 0 saturated carbocycles. The van der Waals surface area contributed by atoms with E-state index >= 15 is 0 Å². The maximum Gasteiger partial charge on any atom is 0.407 e. The molecule has 13 nitrogen and oxygen atoms in total. The summed E-state index contributed by atoms with van der Waals surface area (Å²) in [5.74, 6) is 1.07. The molecule has 7 rings (SSSR count). The van der Waals surface area contributed by atoms with E-state index in [1.54, 1.807) is 11.8 Å². The largest absolute Gasteiger partial charge is 0.453 e. The van der Waals surface area contributed by atoms with Gasteiger partial charge < -0.3 is 34.9 Å². The Kier molecular flexibility index (Phi) is 11.4. The summed E-state index contributed by atoms with van der Waals surface area (Å²) in [6.45, 7) is 8.83. The number of hydrogen-bond acceptors (Lipinski definition) is 9. The van der Waals surface area contributed by atoms with Crippen LogP contribution in [0.5, 0.6) is 0 Å². The number of likely N-dealkylation sites (tertiary alicyclic amines) is 1. The number of imidazole rings is 1. The normalized spacial score (nSPS) is 18.9. The lowest BCUT2D eigenvalue weighted by atomic mass is 9.96. The van der Waals surface area contributed by atoms with Crippen LogP contribution in [0.4, 0.5) is 15.3 Å². The molecule has 4 heterocycles. The van der Waals surface area contributed by atoms with Gasteiger partial charge in [0.25, 0.3) is 0 Å². The molecule has 2 fully saturated rings. The first-order valence-corrected chi connectivity index (χ1v) is 20.2. The summed E-state index contributed by atoms with van der Waals surface area (Å²) in [7, 11) is 2.59. The van der Waals surface area contributed by atoms with Crippen molar-refractivity contribution in [1.29, 1.82) is 0 Å². The average molecular weight is 780 g/mol. The number of benzene rings is 3. The van der Waals surface area contributed by atoms with Crippen molar-refractivity contribution in [1.82, 2.24) is 30.4 Å². The van der Waals surface area contributed by atoms with E-state index in [0.29, 0.717) is 19.5 Å². The first-order chi connectivity index (χ1) is 27.0. The Morgan fingerprint density at radius 2 is 1.46 bits per heavy atom. The predicted octanol–water partition coefficient (Wildman–Crippen LogP) is 6.85. The molecule has 4 atom stereocenters. The van der Waals surface area contributed by atoms with Crippen LogP contribution >= 0.6 is 11.8 Å². The van der Waals surface area contributed by atoms with Crippen molar-refractivity contribution in [2.75, 3.05) is 33.1 Å². The van der Waals surface area contributed by atoms with Gasteiger partial charge in [0.05, 0.1) is 43.6 Å². The molecule has 1 aromatic heterocycles. The molecule has 3 N–H and O–H groups in total. The minimum atomic E-state index is -0.687. The number of amides is 4. The maximum absolute atomic E-state index is 13.7. The van der Waals surface area contributed by atoms with Crippen LogP contribution in [0.25, 0.3) is 33.2 Å². The number of hydrogen-bond donors (Lipinski definition) is 3. The number of ether oxygens (including phenoxy) is 2. The fourth-order valence-corrected chi connectivity index (χ4v) is 9.15. The third kappa shape index (κ3) is 7.71.